The van der Waals surface area contributed by atoms with Crippen molar-refractivity contribution < 1.29 is 27.6 Å². The highest BCUT2D eigenvalue weighted by Crippen LogP contribution is 2.26. The van der Waals surface area contributed by atoms with Gasteiger partial charge in [-0.15, -0.1) is 0 Å². The molecular weight excluding hydrogens is 281 g/mol. The normalized spacial score (nSPS) is 25.2. The highest BCUT2D eigenvalue weighted by Gasteiger charge is 2.38. The molecule has 0 aliphatic carbocycles. The summed E-state index contributed by atoms with van der Waals surface area (Å²) in [7, 11) is -3.40. The molecule has 0 radical (unpaired) electrons. The van der Waals surface area contributed by atoms with Crippen molar-refractivity contribution in [3.8, 4) is 5.75 Å². The summed E-state index contributed by atoms with van der Waals surface area (Å²) in [6, 6.07) is 2.74. The summed E-state index contributed by atoms with van der Waals surface area (Å²) in [6.45, 7) is 0. The van der Waals surface area contributed by atoms with Crippen LogP contribution in [0.1, 0.15) is 0 Å². The first-order valence-corrected chi connectivity index (χ1v) is 7.10. The van der Waals surface area contributed by atoms with E-state index in [4.69, 9.17) is 4.74 Å². The number of hydrogen-bond donors (Lipinski definition) is 1. The molecule has 1 heterocycles. The third-order valence-corrected chi connectivity index (χ3v) is 4.36. The molecule has 1 saturated heterocycles. The number of aliphatic hydroxyl groups excluding tert-OH is 1. The van der Waals surface area contributed by atoms with Crippen molar-refractivity contribution in [3.63, 3.8) is 0 Å². The molecule has 1 aliphatic rings. The van der Waals surface area contributed by atoms with E-state index in [0.717, 1.165) is 12.1 Å². The van der Waals surface area contributed by atoms with Crippen molar-refractivity contribution in [2.75, 3.05) is 11.5 Å². The predicted octanol–water partition coefficient (Wildman–Crippen LogP) is 0.271. The Balaban J connectivity index is 2.18. The Hall–Kier alpha value is -1.74. The molecule has 0 spiro atoms. The second-order valence-corrected chi connectivity index (χ2v) is 6.33. The predicted molar refractivity (Wildman–Crippen MR) is 62.1 cm³/mol. The van der Waals surface area contributed by atoms with E-state index in [0.29, 0.717) is 6.07 Å². The fourth-order valence-corrected chi connectivity index (χ4v) is 3.43. The average molecular weight is 291 g/mol. The van der Waals surface area contributed by atoms with E-state index < -0.39 is 50.0 Å². The summed E-state index contributed by atoms with van der Waals surface area (Å²) in [5.41, 5.74) is -0.440. The third-order valence-electron chi connectivity index (χ3n) is 2.68. The number of nitro benzene ring substituents is 1. The molecule has 2 atom stereocenters. The zero-order valence-electron chi connectivity index (χ0n) is 9.52. The van der Waals surface area contributed by atoms with Gasteiger partial charge >= 0.3 is 0 Å². The second kappa shape index (κ2) is 4.74. The summed E-state index contributed by atoms with van der Waals surface area (Å²) in [4.78, 5) is 9.66. The van der Waals surface area contributed by atoms with Gasteiger partial charge in [-0.1, -0.05) is 0 Å². The van der Waals surface area contributed by atoms with Crippen molar-refractivity contribution in [1.29, 1.82) is 0 Å². The molecule has 2 rings (SSSR count). The number of sulfone groups is 1. The van der Waals surface area contributed by atoms with Gasteiger partial charge in [-0.3, -0.25) is 10.1 Å². The molecule has 104 valence electrons. The maximum atomic E-state index is 13.5. The van der Waals surface area contributed by atoms with E-state index in [1.54, 1.807) is 0 Å². The van der Waals surface area contributed by atoms with Crippen LogP contribution in [0.15, 0.2) is 18.2 Å². The first kappa shape index (κ1) is 13.7. The van der Waals surface area contributed by atoms with Crippen molar-refractivity contribution >= 4 is 15.5 Å². The van der Waals surface area contributed by atoms with Gasteiger partial charge in [0.15, 0.2) is 21.4 Å². The Labute approximate surface area is 107 Å². The van der Waals surface area contributed by atoms with Crippen LogP contribution in [0.5, 0.6) is 5.75 Å². The lowest BCUT2D eigenvalue weighted by Crippen LogP contribution is -2.30. The summed E-state index contributed by atoms with van der Waals surface area (Å²) in [6.07, 6.45) is -2.31. The van der Waals surface area contributed by atoms with Gasteiger partial charge in [-0.25, -0.2) is 12.8 Å². The molecule has 19 heavy (non-hydrogen) atoms. The maximum Gasteiger partial charge on any atom is 0.272 e. The van der Waals surface area contributed by atoms with Gasteiger partial charge < -0.3 is 9.84 Å². The van der Waals surface area contributed by atoms with Crippen molar-refractivity contribution in [2.24, 2.45) is 0 Å². The smallest absolute Gasteiger partial charge is 0.272 e. The van der Waals surface area contributed by atoms with Crippen molar-refractivity contribution in [3.05, 3.63) is 34.1 Å². The highest BCUT2D eigenvalue weighted by atomic mass is 32.2. The van der Waals surface area contributed by atoms with Gasteiger partial charge in [0.25, 0.3) is 5.69 Å². The number of hydrogen-bond acceptors (Lipinski definition) is 6. The molecule has 7 nitrogen and oxygen atoms in total. The number of halogens is 1. The third kappa shape index (κ3) is 2.99. The Bertz CT molecular complexity index is 616. The van der Waals surface area contributed by atoms with Crippen LogP contribution in [-0.4, -0.2) is 42.2 Å². The minimum atomic E-state index is -3.40. The highest BCUT2D eigenvalue weighted by molar-refractivity contribution is 7.91. The van der Waals surface area contributed by atoms with Gasteiger partial charge in [0, 0.05) is 6.07 Å². The molecule has 1 aliphatic heterocycles. The monoisotopic (exact) mass is 291 g/mol. The van der Waals surface area contributed by atoms with Crippen LogP contribution in [0, 0.1) is 15.9 Å². The van der Waals surface area contributed by atoms with Gasteiger partial charge in [0.2, 0.25) is 0 Å². The zero-order chi connectivity index (χ0) is 14.2. The van der Waals surface area contributed by atoms with Gasteiger partial charge in [-0.05, 0) is 6.07 Å². The number of benzene rings is 1. The standard InChI is InChI=1S/C10H10FNO6S/c11-7-3-6(12(14)15)1-2-9(7)18-10-5-19(16,17)4-8(10)13/h1-3,8,10,13H,4-5H2. The topological polar surface area (TPSA) is 107 Å². The minimum absolute atomic E-state index is 0.327. The Morgan fingerprint density at radius 2 is 2.11 bits per heavy atom. The molecule has 0 amide bonds. The summed E-state index contributed by atoms with van der Waals surface area (Å²) >= 11 is 0. The first-order valence-electron chi connectivity index (χ1n) is 5.27. The zero-order valence-corrected chi connectivity index (χ0v) is 10.3. The van der Waals surface area contributed by atoms with Crippen LogP contribution in [0.25, 0.3) is 0 Å². The van der Waals surface area contributed by atoms with Crippen LogP contribution in [0.4, 0.5) is 10.1 Å². The molecular formula is C10H10FNO6S. The maximum absolute atomic E-state index is 13.5. The van der Waals surface area contributed by atoms with Gasteiger partial charge in [0.1, 0.15) is 12.2 Å². The summed E-state index contributed by atoms with van der Waals surface area (Å²) < 4.78 is 41.1. The van der Waals surface area contributed by atoms with E-state index >= 15 is 0 Å². The first-order chi connectivity index (χ1) is 8.78. The molecule has 1 N–H and O–H groups in total. The lowest BCUT2D eigenvalue weighted by atomic mass is 10.2. The molecule has 0 saturated carbocycles. The molecule has 1 fully saturated rings. The second-order valence-electron chi connectivity index (χ2n) is 4.17. The van der Waals surface area contributed by atoms with E-state index in [2.05, 4.69) is 0 Å². The molecule has 0 aromatic heterocycles. The Morgan fingerprint density at radius 3 is 2.58 bits per heavy atom. The van der Waals surface area contributed by atoms with Crippen molar-refractivity contribution in [1.82, 2.24) is 0 Å². The molecule has 0 bridgehead atoms. The number of nitro groups is 1. The van der Waals surface area contributed by atoms with E-state index in [9.17, 15) is 28.0 Å². The fraction of sp³-hybridized carbons (Fsp3) is 0.400. The summed E-state index contributed by atoms with van der Waals surface area (Å²) in [5, 5.41) is 19.9. The van der Waals surface area contributed by atoms with E-state index in [-0.39, 0.29) is 5.75 Å². The van der Waals surface area contributed by atoms with Crippen LogP contribution in [0.3, 0.4) is 0 Å². The molecule has 1 aromatic rings. The number of rotatable bonds is 3. The SMILES string of the molecule is O=[N+]([O-])c1ccc(OC2CS(=O)(=O)CC2O)c(F)c1. The van der Waals surface area contributed by atoms with E-state index in [1.165, 1.54) is 0 Å². The largest absolute Gasteiger partial charge is 0.484 e. The number of aliphatic hydroxyl groups is 1. The summed E-state index contributed by atoms with van der Waals surface area (Å²) in [5.74, 6) is -2.16. The van der Waals surface area contributed by atoms with Crippen molar-refractivity contribution in [2.45, 2.75) is 12.2 Å². The fourth-order valence-electron chi connectivity index (χ4n) is 1.77. The quantitative estimate of drug-likeness (QED) is 0.633. The Kier molecular flexibility index (Phi) is 3.42. The number of non-ortho nitro benzene ring substituents is 1. The number of ether oxygens (including phenoxy) is 1. The minimum Gasteiger partial charge on any atom is -0.484 e. The molecule has 2 unspecified atom stereocenters. The van der Waals surface area contributed by atoms with Crippen LogP contribution in [-0.2, 0) is 9.84 Å². The van der Waals surface area contributed by atoms with Crippen LogP contribution in [0.2, 0.25) is 0 Å². The lowest BCUT2D eigenvalue weighted by Gasteiger charge is -2.15. The molecule has 9 heteroatoms. The van der Waals surface area contributed by atoms with Crippen LogP contribution < -0.4 is 4.74 Å². The van der Waals surface area contributed by atoms with Gasteiger partial charge in [-0.2, -0.15) is 0 Å². The lowest BCUT2D eigenvalue weighted by molar-refractivity contribution is -0.385. The number of nitrogens with zero attached hydrogens (tertiary/aromatic N) is 1. The van der Waals surface area contributed by atoms with E-state index in [1.807, 2.05) is 0 Å². The Morgan fingerprint density at radius 1 is 1.42 bits per heavy atom. The average Bonchev–Trinajstić information content (AvgIpc) is 2.54. The molecule has 1 aromatic carbocycles. The van der Waals surface area contributed by atoms with Gasteiger partial charge in [0.05, 0.1) is 22.5 Å². The van der Waals surface area contributed by atoms with Crippen LogP contribution >= 0.6 is 0 Å².